The third-order valence-electron chi connectivity index (χ3n) is 2.69. The molecule has 0 saturated carbocycles. The summed E-state index contributed by atoms with van der Waals surface area (Å²) in [6.07, 6.45) is 0. The van der Waals surface area contributed by atoms with Gasteiger partial charge in [-0.05, 0) is 24.3 Å². The number of para-hydroxylation sites is 2. The lowest BCUT2D eigenvalue weighted by atomic mass is 10.1. The molecule has 3 rings (SSSR count). The molecule has 0 N–H and O–H groups in total. The highest BCUT2D eigenvalue weighted by molar-refractivity contribution is 6.72. The molecule has 0 aliphatic carbocycles. The van der Waals surface area contributed by atoms with Gasteiger partial charge in [-0.1, -0.05) is 47.5 Å². The van der Waals surface area contributed by atoms with Crippen LogP contribution in [0.1, 0.15) is 11.1 Å². The Balaban J connectivity index is 2.31. The van der Waals surface area contributed by atoms with Gasteiger partial charge in [-0.15, -0.1) is 0 Å². The molecule has 1 heterocycles. The fraction of sp³-hybridized carbons (Fsp3) is 0. The molecular weight excluding hydrogens is 267 g/mol. The van der Waals surface area contributed by atoms with Crippen molar-refractivity contribution in [2.45, 2.75) is 0 Å². The van der Waals surface area contributed by atoms with Crippen molar-refractivity contribution in [1.82, 2.24) is 0 Å². The molecule has 0 fully saturated rings. The minimum Gasteiger partial charge on any atom is -0.235 e. The Labute approximate surface area is 115 Å². The molecule has 88 valence electrons. The van der Waals surface area contributed by atoms with Crippen LogP contribution in [0.4, 0.5) is 11.4 Å². The van der Waals surface area contributed by atoms with Crippen LogP contribution in [0, 0.1) is 0 Å². The minimum absolute atomic E-state index is 0.422. The Bertz CT molecular complexity index is 615. The van der Waals surface area contributed by atoms with E-state index in [-0.39, 0.29) is 0 Å². The van der Waals surface area contributed by atoms with Gasteiger partial charge in [-0.3, -0.25) is 0 Å². The first kappa shape index (κ1) is 11.5. The van der Waals surface area contributed by atoms with Crippen molar-refractivity contribution >= 4 is 44.9 Å². The van der Waals surface area contributed by atoms with Crippen LogP contribution in [0.3, 0.4) is 0 Å². The van der Waals surface area contributed by atoms with Crippen LogP contribution in [-0.2, 0) is 0 Å². The van der Waals surface area contributed by atoms with E-state index in [0.29, 0.717) is 10.3 Å². The lowest BCUT2D eigenvalue weighted by molar-refractivity contribution is 1.44. The first-order valence-electron chi connectivity index (χ1n) is 5.43. The lowest BCUT2D eigenvalue weighted by Gasteiger charge is -2.10. The smallest absolute Gasteiger partial charge is 0.139 e. The Morgan fingerprint density at radius 3 is 1.44 bits per heavy atom. The van der Waals surface area contributed by atoms with Crippen molar-refractivity contribution in [3.8, 4) is 0 Å². The Kier molecular flexibility index (Phi) is 2.90. The van der Waals surface area contributed by atoms with Crippen molar-refractivity contribution in [3.63, 3.8) is 0 Å². The molecular formula is C14H8Cl2N2. The summed E-state index contributed by atoms with van der Waals surface area (Å²) >= 11 is 12.5. The minimum atomic E-state index is 0.422. The van der Waals surface area contributed by atoms with Gasteiger partial charge in [0, 0.05) is 11.1 Å². The third-order valence-corrected chi connectivity index (χ3v) is 3.27. The predicted octanol–water partition coefficient (Wildman–Crippen LogP) is 4.63. The van der Waals surface area contributed by atoms with Crippen LogP contribution in [0.5, 0.6) is 0 Å². The largest absolute Gasteiger partial charge is 0.235 e. The second-order valence-electron chi connectivity index (χ2n) is 3.84. The molecule has 0 radical (unpaired) electrons. The van der Waals surface area contributed by atoms with E-state index in [9.17, 15) is 0 Å². The maximum atomic E-state index is 6.24. The monoisotopic (exact) mass is 274 g/mol. The fourth-order valence-electron chi connectivity index (χ4n) is 1.82. The normalized spacial score (nSPS) is 19.4. The third kappa shape index (κ3) is 1.94. The van der Waals surface area contributed by atoms with Crippen molar-refractivity contribution in [3.05, 3.63) is 59.7 Å². The van der Waals surface area contributed by atoms with Gasteiger partial charge in [-0.25, -0.2) is 9.98 Å². The van der Waals surface area contributed by atoms with Crippen molar-refractivity contribution < 1.29 is 0 Å². The van der Waals surface area contributed by atoms with E-state index < -0.39 is 0 Å². The SMILES string of the molecule is Cl/C1=N/c2ccccc2/C(Cl)=N\c2ccccc21. The van der Waals surface area contributed by atoms with Crippen LogP contribution in [-0.4, -0.2) is 10.3 Å². The van der Waals surface area contributed by atoms with E-state index in [2.05, 4.69) is 9.98 Å². The summed E-state index contributed by atoms with van der Waals surface area (Å²) in [5, 5.41) is 0.844. The quantitative estimate of drug-likeness (QED) is 0.669. The standard InChI is InChI=1S/C14H8Cl2N2/c15-13-9-5-1-3-7-11(9)17-14(16)10-6-2-4-8-12(10)18-13/h1-8H/b13-9?,14-10?,17-11?,17-14+,18-12?,18-13+. The number of halogens is 2. The van der Waals surface area contributed by atoms with Crippen molar-refractivity contribution in [2.24, 2.45) is 9.98 Å². The molecule has 0 amide bonds. The van der Waals surface area contributed by atoms with E-state index in [4.69, 9.17) is 23.2 Å². The van der Waals surface area contributed by atoms with Gasteiger partial charge < -0.3 is 0 Å². The van der Waals surface area contributed by atoms with Crippen LogP contribution >= 0.6 is 23.2 Å². The van der Waals surface area contributed by atoms with Gasteiger partial charge in [0.15, 0.2) is 0 Å². The fourth-order valence-corrected chi connectivity index (χ4v) is 2.32. The van der Waals surface area contributed by atoms with Crippen LogP contribution < -0.4 is 0 Å². The number of rotatable bonds is 0. The first-order chi connectivity index (χ1) is 8.75. The second kappa shape index (κ2) is 4.56. The second-order valence-corrected chi connectivity index (χ2v) is 4.56. The number of nitrogens with zero attached hydrogens (tertiary/aromatic N) is 2. The highest BCUT2D eigenvalue weighted by Gasteiger charge is 2.14. The summed E-state index contributed by atoms with van der Waals surface area (Å²) in [7, 11) is 0. The Morgan fingerprint density at radius 1 is 0.611 bits per heavy atom. The summed E-state index contributed by atoms with van der Waals surface area (Å²) in [6.45, 7) is 0. The van der Waals surface area contributed by atoms with Gasteiger partial charge in [0.1, 0.15) is 10.3 Å². The number of hydrogen-bond acceptors (Lipinski definition) is 2. The number of benzene rings is 2. The first-order valence-corrected chi connectivity index (χ1v) is 6.18. The molecule has 1 aliphatic rings. The summed E-state index contributed by atoms with van der Waals surface area (Å²) in [5.41, 5.74) is 3.02. The Hall–Kier alpha value is -1.64. The van der Waals surface area contributed by atoms with Gasteiger partial charge in [-0.2, -0.15) is 0 Å². The maximum absolute atomic E-state index is 6.24. The number of hydrogen-bond donors (Lipinski definition) is 0. The average molecular weight is 275 g/mol. The highest BCUT2D eigenvalue weighted by atomic mass is 35.5. The molecule has 1 aliphatic heterocycles. The summed E-state index contributed by atoms with van der Waals surface area (Å²) < 4.78 is 0. The molecule has 0 saturated heterocycles. The van der Waals surface area contributed by atoms with Gasteiger partial charge >= 0.3 is 0 Å². The average Bonchev–Trinajstić information content (AvgIpc) is 2.38. The number of aliphatic imine (C=N–C) groups is 2. The lowest BCUT2D eigenvalue weighted by Crippen LogP contribution is -1.99. The summed E-state index contributed by atoms with van der Waals surface area (Å²) in [4.78, 5) is 8.82. The van der Waals surface area contributed by atoms with E-state index in [1.165, 1.54) is 0 Å². The summed E-state index contributed by atoms with van der Waals surface area (Å²) in [6, 6.07) is 15.1. The molecule has 2 aromatic rings. The molecule has 0 atom stereocenters. The molecule has 18 heavy (non-hydrogen) atoms. The topological polar surface area (TPSA) is 24.7 Å². The molecule has 2 nitrogen and oxygen atoms in total. The van der Waals surface area contributed by atoms with Crippen LogP contribution in [0.25, 0.3) is 0 Å². The molecule has 2 aromatic carbocycles. The zero-order valence-electron chi connectivity index (χ0n) is 9.27. The van der Waals surface area contributed by atoms with Crippen LogP contribution in [0.2, 0.25) is 0 Å². The molecule has 0 unspecified atom stereocenters. The van der Waals surface area contributed by atoms with Gasteiger partial charge in [0.25, 0.3) is 0 Å². The Morgan fingerprint density at radius 2 is 1.00 bits per heavy atom. The zero-order chi connectivity index (χ0) is 12.5. The van der Waals surface area contributed by atoms with E-state index in [1.54, 1.807) is 0 Å². The number of fused-ring (bicyclic) bond motifs is 2. The zero-order valence-corrected chi connectivity index (χ0v) is 10.8. The van der Waals surface area contributed by atoms with Gasteiger partial charge in [0.05, 0.1) is 11.4 Å². The molecule has 0 aromatic heterocycles. The van der Waals surface area contributed by atoms with E-state index >= 15 is 0 Å². The van der Waals surface area contributed by atoms with Crippen molar-refractivity contribution in [2.75, 3.05) is 0 Å². The highest BCUT2D eigenvalue weighted by Crippen LogP contribution is 2.30. The van der Waals surface area contributed by atoms with E-state index in [0.717, 1.165) is 22.5 Å². The summed E-state index contributed by atoms with van der Waals surface area (Å²) in [5.74, 6) is 0. The van der Waals surface area contributed by atoms with Gasteiger partial charge in [0.2, 0.25) is 0 Å². The van der Waals surface area contributed by atoms with Crippen LogP contribution in [0.15, 0.2) is 58.5 Å². The molecule has 4 heteroatoms. The molecule has 0 bridgehead atoms. The maximum Gasteiger partial charge on any atom is 0.139 e. The van der Waals surface area contributed by atoms with Crippen molar-refractivity contribution in [1.29, 1.82) is 0 Å². The van der Waals surface area contributed by atoms with E-state index in [1.807, 2.05) is 48.5 Å². The predicted molar refractivity (Wildman–Crippen MR) is 77.0 cm³/mol. The molecule has 0 spiro atoms.